The van der Waals surface area contributed by atoms with Crippen LogP contribution >= 0.6 is 22.6 Å². The molecule has 3 aliphatic heterocycles. The molecule has 12 atom stereocenters. The lowest BCUT2D eigenvalue weighted by atomic mass is 9.57. The van der Waals surface area contributed by atoms with Crippen molar-refractivity contribution in [3.05, 3.63) is 159 Å². The summed E-state index contributed by atoms with van der Waals surface area (Å²) in [5.74, 6) is -19.8. The lowest BCUT2D eigenvalue weighted by molar-refractivity contribution is -0.156. The molecule has 710 valence electrons. The summed E-state index contributed by atoms with van der Waals surface area (Å²) in [6, 6.07) is 6.14. The van der Waals surface area contributed by atoms with Crippen LogP contribution in [0, 0.1) is 39.1 Å². The van der Waals surface area contributed by atoms with Crippen molar-refractivity contribution in [1.82, 2.24) is 29.8 Å². The predicted octanol–water partition coefficient (Wildman–Crippen LogP) is 4.21. The first-order chi connectivity index (χ1) is 61.3. The topological polar surface area (TPSA) is 613 Å². The van der Waals surface area contributed by atoms with Gasteiger partial charge in [-0.3, -0.25) is 62.6 Å². The van der Waals surface area contributed by atoms with Crippen molar-refractivity contribution in [2.45, 2.75) is 152 Å². The van der Waals surface area contributed by atoms with Gasteiger partial charge in [-0.05, 0) is 257 Å². The summed E-state index contributed by atoms with van der Waals surface area (Å²) in [5, 5.41) is 154. The Labute approximate surface area is 768 Å². The fourth-order valence-corrected chi connectivity index (χ4v) is 20.7. The number of aromatic hydroxyl groups is 3. The van der Waals surface area contributed by atoms with E-state index < -0.39 is 211 Å². The van der Waals surface area contributed by atoms with Gasteiger partial charge >= 0.3 is 25.5 Å². The first kappa shape index (κ1) is 101. The number of alkyl halides is 3. The number of carbonyl (C=O) groups excluding carboxylic acids is 12. The molecule has 9 aliphatic carbocycles. The lowest BCUT2D eigenvalue weighted by Gasteiger charge is -2.50. The number of aliphatic hydroxyl groups excluding tert-OH is 6. The maximum absolute atomic E-state index is 14.0. The minimum absolute atomic E-state index is 0.00628. The van der Waals surface area contributed by atoms with Gasteiger partial charge in [-0.15, -0.1) is 0 Å². The van der Waals surface area contributed by atoms with Gasteiger partial charge in [0.05, 0.1) is 34.8 Å². The summed E-state index contributed by atoms with van der Waals surface area (Å²) in [7, 11) is 7.98. The van der Waals surface area contributed by atoms with E-state index in [2.05, 4.69) is 27.9 Å². The number of nitrogens with zero attached hydrogens (tertiary/aromatic N) is 5. The van der Waals surface area contributed by atoms with Crippen molar-refractivity contribution in [2.75, 3.05) is 81.6 Å². The van der Waals surface area contributed by atoms with E-state index in [1.54, 1.807) is 92.2 Å². The second kappa shape index (κ2) is 37.4. The first-order valence-corrected chi connectivity index (χ1v) is 43.1. The van der Waals surface area contributed by atoms with E-state index in [1.165, 1.54) is 37.8 Å². The number of nitrogens with one attached hydrogen (secondary N) is 1. The van der Waals surface area contributed by atoms with Gasteiger partial charge in [0, 0.05) is 70.8 Å². The van der Waals surface area contributed by atoms with Gasteiger partial charge in [-0.2, -0.15) is 13.2 Å². The Bertz CT molecular complexity index is 5710. The number of rotatable bonds is 9. The second-order valence-electron chi connectivity index (χ2n) is 36.9. The SMILES string of the molecule is CC(C)(C)OC(=O)N1CC=C(B(O)O)CC1.CN(C)[C@@H]1C(=O)C(C(N)=O)=C(O)[C@@]2(O)C(=O)C3=C(O)c4c(O)ccc(C5=CCN(C(=O)OC(C)(C)C)CC5)c4C[C@H]3C[C@@H]12.CN(C)[C@@H]1C(=O)C(C(N)=O)=C(O)[C@@]2(O)C(=O)C3=C(O)c4c(O)ccc(C5=CCNCC5)c4C[C@H]3C[C@@H]12.CN(C)[C@@H]1C(=O)C(C(N)=O)=C(O)[C@@]2(O)C(=O)C3=C(O)c4c(O)ccc(I)c4C[C@H]3C[C@@H]12.O=CC(F)(F)F. The Morgan fingerprint density at radius 1 is 0.500 bits per heavy atom. The molecular formula is C90H106BF3IN9O28. The highest BCUT2D eigenvalue weighted by atomic mass is 127. The number of aliphatic hydroxyl groups is 9. The molecule has 132 heavy (non-hydrogen) atoms. The number of aldehydes is 1. The van der Waals surface area contributed by atoms with Gasteiger partial charge in [0.1, 0.15) is 79.7 Å². The van der Waals surface area contributed by atoms with Crippen LogP contribution in [0.15, 0.2) is 111 Å². The Balaban J connectivity index is 0.000000173. The van der Waals surface area contributed by atoms with E-state index >= 15 is 0 Å². The molecular weight excluding hydrogens is 1850 g/mol. The molecule has 0 bridgehead atoms. The molecule has 3 aromatic carbocycles. The number of primary amides is 3. The van der Waals surface area contributed by atoms with E-state index in [0.717, 1.165) is 38.8 Å². The number of carbonyl (C=O) groups is 12. The van der Waals surface area contributed by atoms with E-state index in [4.69, 9.17) is 41.5 Å². The molecule has 3 aromatic rings. The molecule has 0 spiro atoms. The fraction of sp³-hybridized carbons (Fsp3) is 0.467. The number of hydrogen-bond acceptors (Lipinski definition) is 32. The van der Waals surface area contributed by atoms with Crippen molar-refractivity contribution in [1.29, 1.82) is 0 Å². The number of benzene rings is 3. The van der Waals surface area contributed by atoms with Crippen molar-refractivity contribution < 1.29 is 152 Å². The molecule has 12 aliphatic rings. The molecule has 0 radical (unpaired) electrons. The molecule has 0 unspecified atom stereocenters. The van der Waals surface area contributed by atoms with Crippen molar-refractivity contribution in [2.24, 2.45) is 52.7 Å². The van der Waals surface area contributed by atoms with Crippen molar-refractivity contribution >= 4 is 129 Å². The van der Waals surface area contributed by atoms with Crippen LogP contribution in [0.4, 0.5) is 22.8 Å². The highest BCUT2D eigenvalue weighted by Crippen LogP contribution is 2.58. The average Bonchev–Trinajstić information content (AvgIpc) is 0.471. The third-order valence-corrected chi connectivity index (χ3v) is 26.7. The van der Waals surface area contributed by atoms with E-state index in [0.29, 0.717) is 74.1 Å². The normalized spacial score (nSPS) is 26.8. The van der Waals surface area contributed by atoms with Crippen LogP contribution < -0.4 is 22.5 Å². The largest absolute Gasteiger partial charge is 0.508 e. The molecule has 0 saturated heterocycles. The quantitative estimate of drug-likeness (QED) is 0.0617. The van der Waals surface area contributed by atoms with Crippen LogP contribution in [0.3, 0.4) is 0 Å². The summed E-state index contributed by atoms with van der Waals surface area (Å²) in [6.45, 7) is 13.8. The Hall–Kier alpha value is -11.6. The number of Topliss-reactive ketones (excluding diaryl/α,β-unsaturated/α-hetero) is 6. The number of hydrogen-bond donors (Lipinski definition) is 18. The number of phenolic OH excluding ortho intramolecular Hbond substituents is 3. The number of ketones is 6. The fourth-order valence-electron chi connectivity index (χ4n) is 20.0. The Kier molecular flexibility index (Phi) is 28.6. The first-order valence-electron chi connectivity index (χ1n) is 42.0. The highest BCUT2D eigenvalue weighted by Gasteiger charge is 2.68. The minimum atomic E-state index is -4.64. The van der Waals surface area contributed by atoms with E-state index in [-0.39, 0.29) is 88.9 Å². The number of halogens is 4. The molecule has 37 nitrogen and oxygen atoms in total. The van der Waals surface area contributed by atoms with Crippen LogP contribution in [-0.4, -0.2) is 308 Å². The summed E-state index contributed by atoms with van der Waals surface area (Å²) < 4.78 is 42.7. The van der Waals surface area contributed by atoms with Crippen LogP contribution in [-0.2, 0) is 76.7 Å². The van der Waals surface area contributed by atoms with E-state index in [9.17, 15) is 127 Å². The number of phenols is 3. The molecule has 21 N–H and O–H groups in total. The standard InChI is InChI=1S/C31H37N3O9.C26H29N3O7.C21H21IN2O7.C10H18BNO4.C2HF3O/c1-30(2,3)43-29(41)34-10-8-14(9-11-34)16-6-7-19(35)21-17(16)12-15-13-18-23(33(4)5)25(37)22(28(32)40)27(39)31(18,42)26(38)20(15)24(21)36;1-29(2)20-15-10-12-9-14-13(11-5-7-28-8-6-11)3-4-16(30)18(14)21(31)17(12)23(33)26(15,36)24(34)19(22(20)32)25(27)35;1-24(2)15-9-6-7-5-8-10(22)3-4-11(25)13(8)16(26)12(7)18(28)21(9,31)19(29)14(17(15)27)20(23)30;1-10(2,3)16-9(13)12-6-4-8(5-7-12)11(14)15;3-2(4,5)1-6/h6-8,15,18,23,35-36,39,42H,9-13H2,1-5H3,(H2,32,40);3-5,12,15,20,28,30-31,34,36H,6-10H2,1-2H3,(H2,27,35);3-4,7,9,15,25-26,29,31H,5-6H2,1-2H3,(H2,23,30);4,14-15H,5-7H2,1-3H3;1H/t15-,18-,23-,31-;12-,15-,20-,26-;7-,9-,15-,21-;;/m000../s1. The maximum atomic E-state index is 14.0. The van der Waals surface area contributed by atoms with Gasteiger partial charge in [-0.25, -0.2) is 9.59 Å². The van der Waals surface area contributed by atoms with Crippen molar-refractivity contribution in [3.8, 4) is 17.2 Å². The van der Waals surface area contributed by atoms with Crippen LogP contribution in [0.25, 0.3) is 28.4 Å². The number of amides is 5. The number of likely N-dealkylation sites (N-methyl/N-ethyl adjacent to an activating group) is 3. The minimum Gasteiger partial charge on any atom is -0.508 e. The van der Waals surface area contributed by atoms with Crippen molar-refractivity contribution in [3.63, 3.8) is 0 Å². The molecule has 15 rings (SSSR count). The smallest absolute Gasteiger partial charge is 0.483 e. The zero-order chi connectivity index (χ0) is 98.4. The summed E-state index contributed by atoms with van der Waals surface area (Å²) in [5.41, 5.74) is 10.2. The molecule has 42 heteroatoms. The van der Waals surface area contributed by atoms with Gasteiger partial charge in [0.25, 0.3) is 17.7 Å². The zero-order valence-corrected chi connectivity index (χ0v) is 76.3. The summed E-state index contributed by atoms with van der Waals surface area (Å²) >= 11 is 2.07. The Morgan fingerprint density at radius 3 is 1.10 bits per heavy atom. The number of fused-ring (bicyclic) bond motifs is 9. The van der Waals surface area contributed by atoms with Gasteiger partial charge in [-0.1, -0.05) is 30.4 Å². The molecule has 3 fully saturated rings. The third kappa shape index (κ3) is 18.3. The zero-order valence-electron chi connectivity index (χ0n) is 74.1. The third-order valence-electron chi connectivity index (χ3n) is 25.7. The van der Waals surface area contributed by atoms with Gasteiger partial charge in [0.15, 0.2) is 34.2 Å². The maximum Gasteiger partial charge on any atom is 0.483 e. The molecule has 3 saturated carbocycles. The van der Waals surface area contributed by atoms with Crippen LogP contribution in [0.5, 0.6) is 17.2 Å². The lowest BCUT2D eigenvalue weighted by Crippen LogP contribution is -2.65. The molecule has 3 heterocycles. The predicted molar refractivity (Wildman–Crippen MR) is 474 cm³/mol. The summed E-state index contributed by atoms with van der Waals surface area (Å²) in [6.07, 6.45) is 1.71. The van der Waals surface area contributed by atoms with Gasteiger partial charge < -0.3 is 113 Å². The number of nitrogens with two attached hydrogens (primary N) is 3. The summed E-state index contributed by atoms with van der Waals surface area (Å²) in [4.78, 5) is 157. The number of ether oxygens (including phenoxy) is 2. The van der Waals surface area contributed by atoms with Crippen LogP contribution in [0.1, 0.15) is 125 Å². The van der Waals surface area contributed by atoms with Gasteiger partial charge in [0.2, 0.25) is 23.6 Å². The van der Waals surface area contributed by atoms with Crippen LogP contribution in [0.2, 0.25) is 0 Å². The highest BCUT2D eigenvalue weighted by molar-refractivity contribution is 14.1. The van der Waals surface area contributed by atoms with E-state index in [1.807, 2.05) is 32.9 Å². The molecule has 5 amide bonds. The Morgan fingerprint density at radius 2 is 0.818 bits per heavy atom. The molecule has 0 aromatic heterocycles. The average molecular weight is 1960 g/mol. The monoisotopic (exact) mass is 1960 g/mol. The second-order valence-corrected chi connectivity index (χ2v) is 38.0.